The molecule has 0 fully saturated rings. The molecule has 0 radical (unpaired) electrons. The zero-order valence-electron chi connectivity index (χ0n) is 17.4. The number of fused-ring (bicyclic) bond motifs is 1. The number of hydrogen-bond donors (Lipinski definition) is 0. The van der Waals surface area contributed by atoms with E-state index < -0.39 is 9.84 Å². The Morgan fingerprint density at radius 2 is 1.75 bits per heavy atom. The molecule has 0 spiro atoms. The van der Waals surface area contributed by atoms with Gasteiger partial charge in [0.1, 0.15) is 5.82 Å². The van der Waals surface area contributed by atoms with Gasteiger partial charge in [0.15, 0.2) is 15.0 Å². The number of hydrogen-bond acceptors (Lipinski definition) is 5. The lowest BCUT2D eigenvalue weighted by Crippen LogP contribution is -2.31. The van der Waals surface area contributed by atoms with Gasteiger partial charge >= 0.3 is 0 Å². The molecule has 32 heavy (non-hydrogen) atoms. The highest BCUT2D eigenvalue weighted by atomic mass is 32.2. The van der Waals surface area contributed by atoms with E-state index in [4.69, 9.17) is 0 Å². The molecule has 1 amide bonds. The number of carbonyl (C=O) groups is 1. The fourth-order valence-electron chi connectivity index (χ4n) is 3.25. The highest BCUT2D eigenvalue weighted by Gasteiger charge is 2.23. The molecule has 8 heteroatoms. The molecule has 0 bridgehead atoms. The molecule has 3 aromatic carbocycles. The first-order valence-electron chi connectivity index (χ1n) is 10.0. The SMILES string of the molecule is Cc1ccc(S(=O)(=O)CCC(=O)N(Cc2ccccc2)c2nc3ccc(F)cc3s2)cc1. The van der Waals surface area contributed by atoms with Gasteiger partial charge in [-0.2, -0.15) is 0 Å². The Bertz CT molecular complexity index is 1350. The van der Waals surface area contributed by atoms with Gasteiger partial charge in [-0.3, -0.25) is 9.69 Å². The van der Waals surface area contributed by atoms with Crippen molar-refractivity contribution in [1.29, 1.82) is 0 Å². The zero-order chi connectivity index (χ0) is 22.7. The number of anilines is 1. The fourth-order valence-corrected chi connectivity index (χ4v) is 5.49. The van der Waals surface area contributed by atoms with Crippen molar-refractivity contribution in [3.05, 3.63) is 89.7 Å². The molecule has 0 aliphatic heterocycles. The van der Waals surface area contributed by atoms with Crippen LogP contribution in [0.2, 0.25) is 0 Å². The quantitative estimate of drug-likeness (QED) is 0.377. The van der Waals surface area contributed by atoms with Crippen LogP contribution in [-0.4, -0.2) is 25.1 Å². The van der Waals surface area contributed by atoms with E-state index in [1.165, 1.54) is 28.4 Å². The van der Waals surface area contributed by atoms with Gasteiger partial charge in [0.05, 0.1) is 27.4 Å². The lowest BCUT2D eigenvalue weighted by Gasteiger charge is -2.20. The number of halogens is 1. The van der Waals surface area contributed by atoms with E-state index in [9.17, 15) is 17.6 Å². The van der Waals surface area contributed by atoms with Gasteiger partial charge in [-0.1, -0.05) is 59.4 Å². The van der Waals surface area contributed by atoms with Crippen molar-refractivity contribution >= 4 is 42.4 Å². The maximum Gasteiger partial charge on any atom is 0.230 e. The van der Waals surface area contributed by atoms with E-state index in [-0.39, 0.29) is 35.3 Å². The van der Waals surface area contributed by atoms with Gasteiger partial charge in [-0.15, -0.1) is 0 Å². The van der Waals surface area contributed by atoms with Gasteiger partial charge in [-0.05, 0) is 42.8 Å². The maximum atomic E-state index is 13.6. The molecule has 0 N–H and O–H groups in total. The van der Waals surface area contributed by atoms with Crippen molar-refractivity contribution in [2.75, 3.05) is 10.7 Å². The van der Waals surface area contributed by atoms with Crippen molar-refractivity contribution in [3.63, 3.8) is 0 Å². The Labute approximate surface area is 190 Å². The Kier molecular flexibility index (Phi) is 6.34. The highest BCUT2D eigenvalue weighted by Crippen LogP contribution is 2.31. The number of thiazole rings is 1. The first kappa shape index (κ1) is 22.1. The van der Waals surface area contributed by atoms with Crippen molar-refractivity contribution in [1.82, 2.24) is 4.98 Å². The number of rotatable bonds is 7. The van der Waals surface area contributed by atoms with Crippen LogP contribution < -0.4 is 4.90 Å². The summed E-state index contributed by atoms with van der Waals surface area (Å²) in [6.45, 7) is 2.12. The number of aromatic nitrogens is 1. The zero-order valence-corrected chi connectivity index (χ0v) is 19.0. The normalized spacial score (nSPS) is 11.6. The van der Waals surface area contributed by atoms with E-state index in [1.54, 1.807) is 30.3 Å². The average Bonchev–Trinajstić information content (AvgIpc) is 3.19. The minimum absolute atomic E-state index is 0.187. The number of sulfone groups is 1. The molecule has 164 valence electrons. The van der Waals surface area contributed by atoms with Crippen LogP contribution >= 0.6 is 11.3 Å². The summed E-state index contributed by atoms with van der Waals surface area (Å²) in [7, 11) is -3.61. The van der Waals surface area contributed by atoms with Crippen LogP contribution in [0.15, 0.2) is 77.7 Å². The summed E-state index contributed by atoms with van der Waals surface area (Å²) >= 11 is 1.20. The molecule has 0 aliphatic carbocycles. The molecule has 4 rings (SSSR count). The van der Waals surface area contributed by atoms with Crippen LogP contribution in [0.3, 0.4) is 0 Å². The Morgan fingerprint density at radius 1 is 1.03 bits per heavy atom. The smallest absolute Gasteiger partial charge is 0.230 e. The van der Waals surface area contributed by atoms with E-state index >= 15 is 0 Å². The number of nitrogens with zero attached hydrogens (tertiary/aromatic N) is 2. The van der Waals surface area contributed by atoms with Crippen LogP contribution in [0, 0.1) is 12.7 Å². The lowest BCUT2D eigenvalue weighted by molar-refractivity contribution is -0.118. The number of benzene rings is 3. The predicted octanol–water partition coefficient (Wildman–Crippen LogP) is 5.14. The van der Waals surface area contributed by atoms with Crippen molar-refractivity contribution in [3.8, 4) is 0 Å². The van der Waals surface area contributed by atoms with Gasteiger partial charge < -0.3 is 0 Å². The Hall–Kier alpha value is -3.10. The molecular formula is C24H21FN2O3S2. The largest absolute Gasteiger partial charge is 0.284 e. The predicted molar refractivity (Wildman–Crippen MR) is 125 cm³/mol. The first-order chi connectivity index (χ1) is 15.3. The second-order valence-corrected chi connectivity index (χ2v) is 10.6. The number of aryl methyl sites for hydroxylation is 1. The average molecular weight is 469 g/mol. The van der Waals surface area contributed by atoms with Crippen LogP contribution in [0.1, 0.15) is 17.5 Å². The summed E-state index contributed by atoms with van der Waals surface area (Å²) in [5.74, 6) is -1.04. The molecule has 0 aliphatic rings. The number of carbonyl (C=O) groups excluding carboxylic acids is 1. The molecule has 0 saturated heterocycles. The summed E-state index contributed by atoms with van der Waals surface area (Å²) in [6.07, 6.45) is -0.187. The summed E-state index contributed by atoms with van der Waals surface area (Å²) in [5.41, 5.74) is 2.43. The Balaban J connectivity index is 1.60. The van der Waals surface area contributed by atoms with Gasteiger partial charge in [0.2, 0.25) is 5.91 Å². The molecule has 1 aromatic heterocycles. The van der Waals surface area contributed by atoms with Crippen molar-refractivity contribution in [2.24, 2.45) is 0 Å². The van der Waals surface area contributed by atoms with Crippen molar-refractivity contribution in [2.45, 2.75) is 24.8 Å². The third-order valence-corrected chi connectivity index (χ3v) is 7.79. The minimum Gasteiger partial charge on any atom is -0.284 e. The Morgan fingerprint density at radius 3 is 2.47 bits per heavy atom. The van der Waals surface area contributed by atoms with Gasteiger partial charge in [0.25, 0.3) is 0 Å². The number of amides is 1. The molecule has 4 aromatic rings. The van der Waals surface area contributed by atoms with E-state index in [0.29, 0.717) is 15.3 Å². The van der Waals surface area contributed by atoms with Gasteiger partial charge in [0, 0.05) is 6.42 Å². The molecule has 1 heterocycles. The molecule has 0 unspecified atom stereocenters. The summed E-state index contributed by atoms with van der Waals surface area (Å²) in [6, 6.07) is 20.2. The van der Waals surface area contributed by atoms with Gasteiger partial charge in [-0.25, -0.2) is 17.8 Å². The third-order valence-electron chi connectivity index (χ3n) is 5.02. The first-order valence-corrected chi connectivity index (χ1v) is 12.5. The van der Waals surface area contributed by atoms with E-state index in [0.717, 1.165) is 11.1 Å². The maximum absolute atomic E-state index is 13.6. The van der Waals surface area contributed by atoms with Crippen molar-refractivity contribution < 1.29 is 17.6 Å². The fraction of sp³-hybridized carbons (Fsp3) is 0.167. The van der Waals surface area contributed by atoms with Crippen LogP contribution in [0.5, 0.6) is 0 Å². The topological polar surface area (TPSA) is 67.3 Å². The second kappa shape index (κ2) is 9.18. The van der Waals surface area contributed by atoms with Crippen LogP contribution in [0.25, 0.3) is 10.2 Å². The van der Waals surface area contributed by atoms with E-state index in [2.05, 4.69) is 4.98 Å². The third kappa shape index (κ3) is 5.03. The van der Waals surface area contributed by atoms with Crippen LogP contribution in [-0.2, 0) is 21.2 Å². The molecule has 0 saturated carbocycles. The summed E-state index contributed by atoms with van der Waals surface area (Å²) < 4.78 is 39.7. The summed E-state index contributed by atoms with van der Waals surface area (Å²) in [5, 5.41) is 0.409. The lowest BCUT2D eigenvalue weighted by atomic mass is 10.2. The standard InChI is InChI=1S/C24H21FN2O3S2/c1-17-7-10-20(11-8-17)32(29,30)14-13-23(28)27(16-18-5-3-2-4-6-18)24-26-21-12-9-19(25)15-22(21)31-24/h2-12,15H,13-14,16H2,1H3. The second-order valence-electron chi connectivity index (χ2n) is 7.46. The monoisotopic (exact) mass is 468 g/mol. The highest BCUT2D eigenvalue weighted by molar-refractivity contribution is 7.91. The minimum atomic E-state index is -3.61. The molecule has 0 atom stereocenters. The van der Waals surface area contributed by atoms with Crippen LogP contribution in [0.4, 0.5) is 9.52 Å². The van der Waals surface area contributed by atoms with E-state index in [1.807, 2.05) is 37.3 Å². The molecule has 5 nitrogen and oxygen atoms in total. The molecular weight excluding hydrogens is 447 g/mol. The summed E-state index contributed by atoms with van der Waals surface area (Å²) in [4.78, 5) is 19.3.